The van der Waals surface area contributed by atoms with Crippen molar-refractivity contribution < 1.29 is 18.6 Å². The Bertz CT molecular complexity index is 564. The lowest BCUT2D eigenvalue weighted by atomic mass is 10.00. The Balaban J connectivity index is 2.26. The van der Waals surface area contributed by atoms with E-state index in [-0.39, 0.29) is 12.0 Å². The van der Waals surface area contributed by atoms with Crippen LogP contribution in [-0.4, -0.2) is 11.7 Å². The van der Waals surface area contributed by atoms with Crippen molar-refractivity contribution in [1.29, 1.82) is 0 Å². The lowest BCUT2D eigenvalue weighted by Crippen LogP contribution is -2.08. The van der Waals surface area contributed by atoms with Crippen molar-refractivity contribution in [2.45, 2.75) is 19.4 Å². The van der Waals surface area contributed by atoms with Crippen LogP contribution in [0.1, 0.15) is 24.2 Å². The highest BCUT2D eigenvalue weighted by molar-refractivity contribution is 5.36. The maximum atomic E-state index is 13.6. The van der Waals surface area contributed by atoms with Crippen LogP contribution in [0.4, 0.5) is 8.78 Å². The van der Waals surface area contributed by atoms with Crippen molar-refractivity contribution in [3.8, 4) is 5.75 Å². The molecule has 0 amide bonds. The van der Waals surface area contributed by atoms with Gasteiger partial charge in [-0.2, -0.15) is 0 Å². The summed E-state index contributed by atoms with van der Waals surface area (Å²) in [5.41, 5.74) is 0.406. The number of aliphatic hydroxyl groups excluding tert-OH is 1. The van der Waals surface area contributed by atoms with E-state index in [0.29, 0.717) is 17.9 Å². The second-order valence-electron chi connectivity index (χ2n) is 4.39. The Morgan fingerprint density at radius 1 is 1.05 bits per heavy atom. The largest absolute Gasteiger partial charge is 0.493 e. The first-order chi connectivity index (χ1) is 9.63. The van der Waals surface area contributed by atoms with E-state index < -0.39 is 17.7 Å². The number of halogens is 2. The van der Waals surface area contributed by atoms with Gasteiger partial charge in [-0.05, 0) is 25.1 Å². The standard InChI is InChI=1S/C16H16F2O2/c1-2-20-16-9-4-3-6-11(16)15(19)10-12-13(17)7-5-8-14(12)18/h3-9,15,19H,2,10H2,1H3. The lowest BCUT2D eigenvalue weighted by molar-refractivity contribution is 0.169. The minimum atomic E-state index is -1.02. The second-order valence-corrected chi connectivity index (χ2v) is 4.39. The summed E-state index contributed by atoms with van der Waals surface area (Å²) in [7, 11) is 0. The molecule has 0 fully saturated rings. The molecule has 2 rings (SSSR count). The van der Waals surface area contributed by atoms with Crippen LogP contribution in [0, 0.1) is 11.6 Å². The second kappa shape index (κ2) is 6.48. The van der Waals surface area contributed by atoms with E-state index >= 15 is 0 Å². The lowest BCUT2D eigenvalue weighted by Gasteiger charge is -2.16. The minimum Gasteiger partial charge on any atom is -0.493 e. The Morgan fingerprint density at radius 2 is 1.70 bits per heavy atom. The number of para-hydroxylation sites is 1. The fourth-order valence-electron chi connectivity index (χ4n) is 2.07. The summed E-state index contributed by atoms with van der Waals surface area (Å²) in [5, 5.41) is 10.2. The molecule has 0 aliphatic rings. The van der Waals surface area contributed by atoms with E-state index in [1.165, 1.54) is 18.2 Å². The van der Waals surface area contributed by atoms with Gasteiger partial charge in [-0.1, -0.05) is 24.3 Å². The molecular weight excluding hydrogens is 262 g/mol. The van der Waals surface area contributed by atoms with Gasteiger partial charge in [-0.25, -0.2) is 8.78 Å². The molecule has 0 aliphatic heterocycles. The maximum Gasteiger partial charge on any atom is 0.129 e. The van der Waals surface area contributed by atoms with Crippen LogP contribution in [-0.2, 0) is 6.42 Å². The molecule has 2 nitrogen and oxygen atoms in total. The molecule has 106 valence electrons. The van der Waals surface area contributed by atoms with Crippen molar-refractivity contribution >= 4 is 0 Å². The van der Waals surface area contributed by atoms with E-state index in [9.17, 15) is 13.9 Å². The third-order valence-electron chi connectivity index (χ3n) is 3.04. The zero-order valence-corrected chi connectivity index (χ0v) is 11.1. The van der Waals surface area contributed by atoms with Gasteiger partial charge in [0.15, 0.2) is 0 Å². The molecule has 4 heteroatoms. The molecule has 0 spiro atoms. The number of rotatable bonds is 5. The number of hydrogen-bond acceptors (Lipinski definition) is 2. The van der Waals surface area contributed by atoms with Gasteiger partial charge in [0, 0.05) is 17.5 Å². The first-order valence-corrected chi connectivity index (χ1v) is 6.46. The quantitative estimate of drug-likeness (QED) is 0.904. The van der Waals surface area contributed by atoms with Crippen LogP contribution in [0.2, 0.25) is 0 Å². The topological polar surface area (TPSA) is 29.5 Å². The first-order valence-electron chi connectivity index (χ1n) is 6.46. The number of benzene rings is 2. The van der Waals surface area contributed by atoms with Crippen molar-refractivity contribution in [2.24, 2.45) is 0 Å². The van der Waals surface area contributed by atoms with Gasteiger partial charge in [0.1, 0.15) is 17.4 Å². The summed E-state index contributed by atoms with van der Waals surface area (Å²) in [4.78, 5) is 0. The minimum absolute atomic E-state index is 0.119. The van der Waals surface area contributed by atoms with Crippen LogP contribution in [0.5, 0.6) is 5.75 Å². The van der Waals surface area contributed by atoms with Crippen LogP contribution in [0.3, 0.4) is 0 Å². The van der Waals surface area contributed by atoms with Gasteiger partial charge in [-0.15, -0.1) is 0 Å². The fourth-order valence-corrected chi connectivity index (χ4v) is 2.07. The van der Waals surface area contributed by atoms with E-state index in [0.717, 1.165) is 0 Å². The van der Waals surface area contributed by atoms with E-state index in [1.54, 1.807) is 24.3 Å². The van der Waals surface area contributed by atoms with Crippen molar-refractivity contribution in [3.05, 3.63) is 65.2 Å². The Hall–Kier alpha value is -1.94. The van der Waals surface area contributed by atoms with Crippen molar-refractivity contribution in [1.82, 2.24) is 0 Å². The van der Waals surface area contributed by atoms with E-state index in [2.05, 4.69) is 0 Å². The molecule has 0 saturated heterocycles. The fraction of sp³-hybridized carbons (Fsp3) is 0.250. The molecule has 0 bridgehead atoms. The summed E-state index contributed by atoms with van der Waals surface area (Å²) in [6.07, 6.45) is -1.16. The molecular formula is C16H16F2O2. The smallest absolute Gasteiger partial charge is 0.129 e. The third-order valence-corrected chi connectivity index (χ3v) is 3.04. The number of hydrogen-bond donors (Lipinski definition) is 1. The van der Waals surface area contributed by atoms with Gasteiger partial charge in [0.25, 0.3) is 0 Å². The molecule has 1 atom stereocenters. The highest BCUT2D eigenvalue weighted by atomic mass is 19.1. The number of ether oxygens (including phenoxy) is 1. The Morgan fingerprint density at radius 3 is 2.35 bits per heavy atom. The molecule has 1 N–H and O–H groups in total. The zero-order chi connectivity index (χ0) is 14.5. The average molecular weight is 278 g/mol. The van der Waals surface area contributed by atoms with Gasteiger partial charge in [0.2, 0.25) is 0 Å². The molecule has 2 aromatic rings. The molecule has 2 aromatic carbocycles. The summed E-state index contributed by atoms with van der Waals surface area (Å²) >= 11 is 0. The highest BCUT2D eigenvalue weighted by Gasteiger charge is 2.18. The van der Waals surface area contributed by atoms with Crippen LogP contribution in [0.15, 0.2) is 42.5 Å². The molecule has 0 aliphatic carbocycles. The average Bonchev–Trinajstić information content (AvgIpc) is 2.44. The van der Waals surface area contributed by atoms with Gasteiger partial charge < -0.3 is 9.84 Å². The Labute approximate surface area is 116 Å². The molecule has 20 heavy (non-hydrogen) atoms. The molecule has 1 unspecified atom stereocenters. The third kappa shape index (κ3) is 3.14. The molecule has 0 radical (unpaired) electrons. The molecule has 0 heterocycles. The first kappa shape index (κ1) is 14.5. The summed E-state index contributed by atoms with van der Waals surface area (Å²) in [6, 6.07) is 10.6. The van der Waals surface area contributed by atoms with Crippen molar-refractivity contribution in [2.75, 3.05) is 6.61 Å². The van der Waals surface area contributed by atoms with Gasteiger partial charge in [0.05, 0.1) is 12.7 Å². The number of aliphatic hydroxyl groups is 1. The monoisotopic (exact) mass is 278 g/mol. The molecule has 0 aromatic heterocycles. The van der Waals surface area contributed by atoms with Crippen molar-refractivity contribution in [3.63, 3.8) is 0 Å². The summed E-state index contributed by atoms with van der Waals surface area (Å²) in [6.45, 7) is 2.29. The Kier molecular flexibility index (Phi) is 4.69. The van der Waals surface area contributed by atoms with Crippen LogP contribution in [0.25, 0.3) is 0 Å². The predicted octanol–water partition coefficient (Wildman–Crippen LogP) is 3.64. The summed E-state index contributed by atoms with van der Waals surface area (Å²) in [5.74, 6) is -0.782. The van der Waals surface area contributed by atoms with E-state index in [1.807, 2.05) is 6.92 Å². The normalized spacial score (nSPS) is 12.2. The maximum absolute atomic E-state index is 13.6. The zero-order valence-electron chi connectivity index (χ0n) is 11.1. The van der Waals surface area contributed by atoms with E-state index in [4.69, 9.17) is 4.74 Å². The van der Waals surface area contributed by atoms with Gasteiger partial charge >= 0.3 is 0 Å². The molecule has 0 saturated carbocycles. The highest BCUT2D eigenvalue weighted by Crippen LogP contribution is 2.29. The summed E-state index contributed by atoms with van der Waals surface area (Å²) < 4.78 is 32.6. The van der Waals surface area contributed by atoms with Crippen LogP contribution >= 0.6 is 0 Å². The predicted molar refractivity (Wildman–Crippen MR) is 72.6 cm³/mol. The van der Waals surface area contributed by atoms with Gasteiger partial charge in [-0.3, -0.25) is 0 Å². The SMILES string of the molecule is CCOc1ccccc1C(O)Cc1c(F)cccc1F. The van der Waals surface area contributed by atoms with Crippen LogP contribution < -0.4 is 4.74 Å².